The van der Waals surface area contributed by atoms with Crippen molar-refractivity contribution in [3.05, 3.63) is 35.9 Å². The summed E-state index contributed by atoms with van der Waals surface area (Å²) in [5, 5.41) is 11.5. The van der Waals surface area contributed by atoms with Gasteiger partial charge in [-0.2, -0.15) is 0 Å². The molecule has 8 heteroatoms. The first-order valence-corrected chi connectivity index (χ1v) is 6.34. The zero-order valence-electron chi connectivity index (χ0n) is 9.59. The normalized spacial score (nSPS) is 12.2. The third-order valence-electron chi connectivity index (χ3n) is 1.93. The van der Waals surface area contributed by atoms with Gasteiger partial charge in [0.2, 0.25) is 0 Å². The molecule has 1 aromatic carbocycles. The predicted molar refractivity (Wildman–Crippen MR) is 62.7 cm³/mol. The van der Waals surface area contributed by atoms with Gasteiger partial charge in [0, 0.05) is 0 Å². The molecule has 0 aliphatic heterocycles. The van der Waals surface area contributed by atoms with Crippen molar-refractivity contribution in [2.24, 2.45) is 0 Å². The highest BCUT2D eigenvalue weighted by atomic mass is 31.2. The molecule has 0 amide bonds. The Hall–Kier alpha value is -1.30. The van der Waals surface area contributed by atoms with Gasteiger partial charge in [0.15, 0.2) is 0 Å². The van der Waals surface area contributed by atoms with E-state index in [0.717, 1.165) is 5.56 Å². The van der Waals surface area contributed by atoms with Gasteiger partial charge in [0.05, 0.1) is 0 Å². The molecule has 102 valence electrons. The number of likely N-dealkylation sites (N-methyl/N-ethyl adjacent to an activating group) is 1. The summed E-state index contributed by atoms with van der Waals surface area (Å²) in [5.74, 6) is -0.814. The van der Waals surface area contributed by atoms with Gasteiger partial charge in [-0.25, -0.2) is 4.57 Å². The molecule has 1 aromatic rings. The van der Waals surface area contributed by atoms with Crippen LogP contribution in [0, 0.1) is 0 Å². The van der Waals surface area contributed by atoms with Crippen LogP contribution in [0.15, 0.2) is 30.3 Å². The Kier molecular flexibility index (Phi) is 7.35. The maximum absolute atomic E-state index is 10.7. The minimum absolute atomic E-state index is 0.498. The molecule has 18 heavy (non-hydrogen) atoms. The number of halogens is 2. The first kappa shape index (κ1) is 16.7. The summed E-state index contributed by atoms with van der Waals surface area (Å²) in [5.41, 5.74) is 1.03. The second kappa shape index (κ2) is 7.92. The molecule has 1 unspecified atom stereocenters. The fourth-order valence-corrected chi connectivity index (χ4v) is 1.16. The van der Waals surface area contributed by atoms with Gasteiger partial charge in [0.25, 0.3) is 0 Å². The van der Waals surface area contributed by atoms with E-state index in [0.29, 0.717) is 6.42 Å². The van der Waals surface area contributed by atoms with E-state index in [2.05, 4.69) is 5.32 Å². The van der Waals surface area contributed by atoms with E-state index >= 15 is 0 Å². The Labute approximate surface area is 103 Å². The SMILES string of the molecule is CNC(Cc1ccccc1)C(=O)O.O=P(O)(F)F. The zero-order chi connectivity index (χ0) is 14.2. The number of rotatable bonds is 4. The van der Waals surface area contributed by atoms with Crippen LogP contribution < -0.4 is 5.32 Å². The number of hydrogen-bond acceptors (Lipinski definition) is 3. The standard InChI is InChI=1S/C10H13NO2.F2HO2P/c1-11-9(10(12)13)7-8-5-3-2-4-6-8;1-5(2,3)4/h2-6,9,11H,7H2,1H3,(H,12,13);(H,3,4). The molecule has 0 aliphatic carbocycles. The molecular weight excluding hydrogens is 267 g/mol. The fraction of sp³-hybridized carbons (Fsp3) is 0.300. The minimum Gasteiger partial charge on any atom is -0.480 e. The van der Waals surface area contributed by atoms with E-state index in [1.807, 2.05) is 30.3 Å². The average molecular weight is 281 g/mol. The highest BCUT2D eigenvalue weighted by Crippen LogP contribution is 2.43. The molecule has 0 fully saturated rings. The van der Waals surface area contributed by atoms with Crippen molar-refractivity contribution in [3.8, 4) is 0 Å². The lowest BCUT2D eigenvalue weighted by atomic mass is 10.1. The van der Waals surface area contributed by atoms with Crippen molar-refractivity contribution in [3.63, 3.8) is 0 Å². The molecule has 0 aromatic heterocycles. The van der Waals surface area contributed by atoms with Crippen LogP contribution in [-0.2, 0) is 15.8 Å². The number of aliphatic carboxylic acids is 1. The van der Waals surface area contributed by atoms with E-state index in [-0.39, 0.29) is 0 Å². The van der Waals surface area contributed by atoms with Gasteiger partial charge < -0.3 is 10.4 Å². The lowest BCUT2D eigenvalue weighted by Gasteiger charge is -2.10. The fourth-order valence-electron chi connectivity index (χ4n) is 1.16. The maximum Gasteiger partial charge on any atom is 0.549 e. The summed E-state index contributed by atoms with van der Waals surface area (Å²) in [7, 11) is -3.98. The number of carboxylic acid groups (broad SMARTS) is 1. The van der Waals surface area contributed by atoms with Crippen LogP contribution in [0.1, 0.15) is 5.56 Å². The zero-order valence-corrected chi connectivity index (χ0v) is 10.5. The third-order valence-corrected chi connectivity index (χ3v) is 1.93. The molecule has 0 bridgehead atoms. The third kappa shape index (κ3) is 9.89. The van der Waals surface area contributed by atoms with Crippen LogP contribution in [0.25, 0.3) is 0 Å². The number of carboxylic acids is 1. The number of benzene rings is 1. The van der Waals surface area contributed by atoms with E-state index < -0.39 is 20.0 Å². The second-order valence-corrected chi connectivity index (χ2v) is 4.17. The number of hydrogen-bond donors (Lipinski definition) is 3. The van der Waals surface area contributed by atoms with Gasteiger partial charge in [-0.3, -0.25) is 9.69 Å². The number of carbonyl (C=O) groups is 1. The topological polar surface area (TPSA) is 86.6 Å². The maximum atomic E-state index is 10.7. The van der Waals surface area contributed by atoms with Gasteiger partial charge in [0.1, 0.15) is 6.04 Å². The van der Waals surface area contributed by atoms with Crippen molar-refractivity contribution in [2.45, 2.75) is 12.5 Å². The van der Waals surface area contributed by atoms with Crippen molar-refractivity contribution < 1.29 is 27.8 Å². The Morgan fingerprint density at radius 2 is 1.83 bits per heavy atom. The summed E-state index contributed by atoms with van der Waals surface area (Å²) in [6, 6.07) is 9.08. The van der Waals surface area contributed by atoms with Crippen LogP contribution in [0.4, 0.5) is 8.39 Å². The summed E-state index contributed by atoms with van der Waals surface area (Å²) < 4.78 is 28.7. The smallest absolute Gasteiger partial charge is 0.480 e. The predicted octanol–water partition coefficient (Wildman–Crippen LogP) is 1.93. The molecule has 3 N–H and O–H groups in total. The van der Waals surface area contributed by atoms with E-state index in [9.17, 15) is 13.2 Å². The first-order chi connectivity index (χ1) is 8.24. The average Bonchev–Trinajstić information content (AvgIpc) is 2.24. The Balaban J connectivity index is 0.000000494. The molecule has 0 heterocycles. The van der Waals surface area contributed by atoms with Crippen molar-refractivity contribution >= 4 is 14.0 Å². The molecule has 1 atom stereocenters. The van der Waals surface area contributed by atoms with Gasteiger partial charge in [-0.15, -0.1) is 8.39 Å². The number of nitrogens with one attached hydrogen (secondary N) is 1. The highest BCUT2D eigenvalue weighted by Gasteiger charge is 2.14. The van der Waals surface area contributed by atoms with Crippen molar-refractivity contribution in [2.75, 3.05) is 7.05 Å². The van der Waals surface area contributed by atoms with E-state index in [4.69, 9.17) is 14.6 Å². The van der Waals surface area contributed by atoms with E-state index in [1.54, 1.807) is 7.05 Å². The Morgan fingerprint density at radius 3 is 2.17 bits per heavy atom. The summed E-state index contributed by atoms with van der Waals surface area (Å²) >= 11 is 0. The lowest BCUT2D eigenvalue weighted by Crippen LogP contribution is -2.35. The van der Waals surface area contributed by atoms with Gasteiger partial charge in [-0.1, -0.05) is 30.3 Å². The molecule has 0 radical (unpaired) electrons. The van der Waals surface area contributed by atoms with Crippen LogP contribution >= 0.6 is 7.99 Å². The quantitative estimate of drug-likeness (QED) is 0.734. The molecule has 0 aliphatic rings. The van der Waals surface area contributed by atoms with Crippen LogP contribution in [0.5, 0.6) is 0 Å². The lowest BCUT2D eigenvalue weighted by molar-refractivity contribution is -0.139. The minimum atomic E-state index is -5.64. The van der Waals surface area contributed by atoms with E-state index in [1.165, 1.54) is 0 Å². The summed E-state index contributed by atoms with van der Waals surface area (Å²) in [6.07, 6.45) is 0.521. The van der Waals surface area contributed by atoms with Gasteiger partial charge in [-0.05, 0) is 19.0 Å². The molecule has 1 rings (SSSR count). The Morgan fingerprint density at radius 1 is 1.39 bits per heavy atom. The molecular formula is C10H14F2NO4P. The summed E-state index contributed by atoms with van der Waals surface area (Å²) in [6.45, 7) is 0. The summed E-state index contributed by atoms with van der Waals surface area (Å²) in [4.78, 5) is 17.4. The van der Waals surface area contributed by atoms with Crippen LogP contribution in [0.2, 0.25) is 0 Å². The van der Waals surface area contributed by atoms with Crippen molar-refractivity contribution in [1.82, 2.24) is 5.32 Å². The first-order valence-electron chi connectivity index (χ1n) is 4.90. The Bertz CT molecular complexity index is 401. The molecule has 0 saturated heterocycles. The van der Waals surface area contributed by atoms with Crippen LogP contribution in [-0.4, -0.2) is 29.1 Å². The second-order valence-electron chi connectivity index (χ2n) is 3.30. The largest absolute Gasteiger partial charge is 0.549 e. The monoisotopic (exact) mass is 281 g/mol. The molecule has 5 nitrogen and oxygen atoms in total. The van der Waals surface area contributed by atoms with Gasteiger partial charge >= 0.3 is 14.0 Å². The highest BCUT2D eigenvalue weighted by molar-refractivity contribution is 7.46. The molecule has 0 saturated carbocycles. The van der Waals surface area contributed by atoms with Crippen LogP contribution in [0.3, 0.4) is 0 Å². The van der Waals surface area contributed by atoms with Crippen molar-refractivity contribution in [1.29, 1.82) is 0 Å². The molecule has 0 spiro atoms.